The molecular weight excluding hydrogens is 185 g/mol. The summed E-state index contributed by atoms with van der Waals surface area (Å²) in [4.78, 5) is 11.6. The lowest BCUT2D eigenvalue weighted by molar-refractivity contribution is -0.113. The molecule has 0 saturated carbocycles. The number of Topliss-reactive ketones (excluding diaryl/α,β-unsaturated/α-hetero) is 1. The zero-order valence-electron chi connectivity index (χ0n) is 6.47. The van der Waals surface area contributed by atoms with Gasteiger partial charge in [-0.3, -0.25) is 4.79 Å². The Morgan fingerprint density at radius 3 is 2.27 bits per heavy atom. The quantitative estimate of drug-likeness (QED) is 0.504. The number of ketones is 1. The van der Waals surface area contributed by atoms with Crippen LogP contribution in [0.2, 0.25) is 0 Å². The molecule has 11 heavy (non-hydrogen) atoms. The van der Waals surface area contributed by atoms with Gasteiger partial charge in [0.1, 0.15) is 0 Å². The summed E-state index contributed by atoms with van der Waals surface area (Å²) < 4.78 is 0. The number of carbonyl (C=O) groups is 1. The molecule has 0 amide bonds. The van der Waals surface area contributed by atoms with Gasteiger partial charge in [-0.05, 0) is 6.92 Å². The number of hydrogen-bond acceptors (Lipinski definition) is 2. The molecule has 0 fully saturated rings. The van der Waals surface area contributed by atoms with E-state index in [1.165, 1.54) is 0 Å². The van der Waals surface area contributed by atoms with Crippen LogP contribution in [-0.4, -0.2) is 29.6 Å². The maximum Gasteiger partial charge on any atom is 0.193 e. The van der Waals surface area contributed by atoms with Gasteiger partial charge >= 0.3 is 0 Å². The molecule has 0 aromatic heterocycles. The van der Waals surface area contributed by atoms with Crippen molar-refractivity contribution in [2.45, 2.75) is 4.84 Å². The second-order valence-electron chi connectivity index (χ2n) is 2.28. The van der Waals surface area contributed by atoms with Crippen LogP contribution in [0.25, 0.3) is 0 Å². The molecule has 0 heterocycles. The number of alkyl halides is 2. The van der Waals surface area contributed by atoms with Gasteiger partial charge < -0.3 is 4.90 Å². The Hall–Kier alpha value is -0.210. The van der Waals surface area contributed by atoms with Crippen LogP contribution in [0, 0.1) is 6.92 Å². The molecule has 0 saturated heterocycles. The molecular formula is C7H10Cl2NO. The van der Waals surface area contributed by atoms with Gasteiger partial charge in [-0.15, -0.1) is 0 Å². The largest absolute Gasteiger partial charge is 0.383 e. The lowest BCUT2D eigenvalue weighted by Gasteiger charge is -2.07. The molecule has 0 N–H and O–H groups in total. The maximum atomic E-state index is 11.0. The van der Waals surface area contributed by atoms with Gasteiger partial charge in [0.15, 0.2) is 10.6 Å². The highest BCUT2D eigenvalue weighted by atomic mass is 35.5. The first kappa shape index (κ1) is 10.8. The summed E-state index contributed by atoms with van der Waals surface area (Å²) in [5, 5.41) is 0. The molecule has 0 spiro atoms. The molecule has 0 aliphatic carbocycles. The van der Waals surface area contributed by atoms with Crippen LogP contribution in [0.4, 0.5) is 0 Å². The first-order chi connectivity index (χ1) is 4.95. The number of rotatable bonds is 3. The van der Waals surface area contributed by atoms with Crippen molar-refractivity contribution in [1.82, 2.24) is 4.90 Å². The van der Waals surface area contributed by atoms with E-state index in [2.05, 4.69) is 6.92 Å². The zero-order valence-corrected chi connectivity index (χ0v) is 7.99. The molecule has 63 valence electrons. The summed E-state index contributed by atoms with van der Waals surface area (Å²) in [5.74, 6) is -0.359. The van der Waals surface area contributed by atoms with E-state index in [4.69, 9.17) is 23.2 Å². The van der Waals surface area contributed by atoms with E-state index in [-0.39, 0.29) is 5.78 Å². The van der Waals surface area contributed by atoms with Crippen molar-refractivity contribution in [2.24, 2.45) is 0 Å². The molecule has 0 bridgehead atoms. The molecule has 4 heteroatoms. The van der Waals surface area contributed by atoms with Gasteiger partial charge in [0, 0.05) is 25.9 Å². The SMILES string of the molecule is [CH2]C(=CN(C)C)C(=O)C(Cl)Cl. The number of halogens is 2. The number of allylic oxidation sites excluding steroid dienone is 1. The number of nitrogens with zero attached hydrogens (tertiary/aromatic N) is 1. The second-order valence-corrected chi connectivity index (χ2v) is 3.38. The Balaban J connectivity index is 4.24. The topological polar surface area (TPSA) is 20.3 Å². The van der Waals surface area contributed by atoms with Crippen molar-refractivity contribution in [3.8, 4) is 0 Å². The van der Waals surface area contributed by atoms with Crippen LogP contribution in [0.5, 0.6) is 0 Å². The smallest absolute Gasteiger partial charge is 0.193 e. The molecule has 2 nitrogen and oxygen atoms in total. The average Bonchev–Trinajstić information content (AvgIpc) is 1.84. The van der Waals surface area contributed by atoms with E-state index in [1.54, 1.807) is 25.2 Å². The van der Waals surface area contributed by atoms with E-state index in [1.807, 2.05) is 0 Å². The fourth-order valence-electron chi connectivity index (χ4n) is 0.515. The average molecular weight is 195 g/mol. The second kappa shape index (κ2) is 4.62. The maximum absolute atomic E-state index is 11.0. The van der Waals surface area contributed by atoms with E-state index < -0.39 is 4.84 Å². The third-order valence-corrected chi connectivity index (χ3v) is 1.33. The van der Waals surface area contributed by atoms with Crippen molar-refractivity contribution in [2.75, 3.05) is 14.1 Å². The molecule has 1 radical (unpaired) electrons. The highest BCUT2D eigenvalue weighted by molar-refractivity contribution is 6.55. The van der Waals surface area contributed by atoms with E-state index in [0.29, 0.717) is 5.57 Å². The van der Waals surface area contributed by atoms with E-state index >= 15 is 0 Å². The van der Waals surface area contributed by atoms with Crippen LogP contribution in [0.1, 0.15) is 0 Å². The summed E-state index contributed by atoms with van der Waals surface area (Å²) in [5.41, 5.74) is 0.310. The van der Waals surface area contributed by atoms with Crippen LogP contribution in [0.3, 0.4) is 0 Å². The van der Waals surface area contributed by atoms with Crippen molar-refractivity contribution in [1.29, 1.82) is 0 Å². The Morgan fingerprint density at radius 2 is 2.00 bits per heavy atom. The van der Waals surface area contributed by atoms with Gasteiger partial charge in [0.25, 0.3) is 0 Å². The molecule has 0 aromatic rings. The van der Waals surface area contributed by atoms with Crippen molar-refractivity contribution >= 4 is 29.0 Å². The Morgan fingerprint density at radius 1 is 1.55 bits per heavy atom. The minimum atomic E-state index is -1.02. The highest BCUT2D eigenvalue weighted by Gasteiger charge is 2.13. The monoisotopic (exact) mass is 194 g/mol. The minimum absolute atomic E-state index is 0.310. The highest BCUT2D eigenvalue weighted by Crippen LogP contribution is 2.09. The predicted molar refractivity (Wildman–Crippen MR) is 47.6 cm³/mol. The summed E-state index contributed by atoms with van der Waals surface area (Å²) in [7, 11) is 3.58. The van der Waals surface area contributed by atoms with Crippen molar-refractivity contribution in [3.05, 3.63) is 18.7 Å². The molecule has 0 unspecified atom stereocenters. The summed E-state index contributed by atoms with van der Waals surface area (Å²) >= 11 is 10.6. The van der Waals surface area contributed by atoms with E-state index in [0.717, 1.165) is 0 Å². The minimum Gasteiger partial charge on any atom is -0.383 e. The van der Waals surface area contributed by atoms with Gasteiger partial charge in [-0.25, -0.2) is 0 Å². The third-order valence-electron chi connectivity index (χ3n) is 0.929. The fraction of sp³-hybridized carbons (Fsp3) is 0.429. The molecule has 0 rings (SSSR count). The summed E-state index contributed by atoms with van der Waals surface area (Å²) in [6.07, 6.45) is 1.57. The molecule has 0 aliphatic rings. The Kier molecular flexibility index (Phi) is 4.54. The normalized spacial score (nSPS) is 12.0. The third kappa shape index (κ3) is 4.27. The first-order valence-corrected chi connectivity index (χ1v) is 3.85. The van der Waals surface area contributed by atoms with Crippen molar-refractivity contribution in [3.63, 3.8) is 0 Å². The van der Waals surface area contributed by atoms with Crippen molar-refractivity contribution < 1.29 is 4.79 Å². The predicted octanol–water partition coefficient (Wildman–Crippen LogP) is 1.64. The van der Waals surface area contributed by atoms with Gasteiger partial charge in [-0.1, -0.05) is 23.2 Å². The summed E-state index contributed by atoms with van der Waals surface area (Å²) in [6.45, 7) is 3.50. The van der Waals surface area contributed by atoms with Gasteiger partial charge in [0.05, 0.1) is 0 Å². The lowest BCUT2D eigenvalue weighted by Crippen LogP contribution is -2.12. The van der Waals surface area contributed by atoms with E-state index in [9.17, 15) is 4.79 Å². The van der Waals surface area contributed by atoms with Gasteiger partial charge in [0.2, 0.25) is 0 Å². The van der Waals surface area contributed by atoms with Gasteiger partial charge in [-0.2, -0.15) is 0 Å². The molecule has 0 aliphatic heterocycles. The number of hydrogen-bond donors (Lipinski definition) is 0. The molecule has 0 atom stereocenters. The van der Waals surface area contributed by atoms with Crippen LogP contribution >= 0.6 is 23.2 Å². The summed E-state index contributed by atoms with van der Waals surface area (Å²) in [6, 6.07) is 0. The fourth-order valence-corrected chi connectivity index (χ4v) is 0.796. The molecule has 0 aromatic carbocycles. The lowest BCUT2D eigenvalue weighted by atomic mass is 10.2. The Bertz CT molecular complexity index is 175. The zero-order chi connectivity index (χ0) is 9.02. The standard InChI is InChI=1S/C7H10Cl2NO/c1-5(4-10(2)3)6(11)7(8)9/h4,7H,1H2,2-3H3. The first-order valence-electron chi connectivity index (χ1n) is 2.97. The number of carbonyl (C=O) groups excluding carboxylic acids is 1. The Labute approximate surface area is 76.8 Å². The van der Waals surface area contributed by atoms with Crippen LogP contribution in [-0.2, 0) is 4.79 Å². The van der Waals surface area contributed by atoms with Crippen LogP contribution in [0.15, 0.2) is 11.8 Å². The van der Waals surface area contributed by atoms with Crippen LogP contribution < -0.4 is 0 Å².